The summed E-state index contributed by atoms with van der Waals surface area (Å²) < 4.78 is 6.67. The van der Waals surface area contributed by atoms with E-state index in [9.17, 15) is 4.79 Å². The van der Waals surface area contributed by atoms with Crippen molar-refractivity contribution in [3.8, 4) is 0 Å². The van der Waals surface area contributed by atoms with Gasteiger partial charge in [-0.15, -0.1) is 11.3 Å². The van der Waals surface area contributed by atoms with Crippen molar-refractivity contribution in [1.29, 1.82) is 0 Å². The summed E-state index contributed by atoms with van der Waals surface area (Å²) in [5, 5.41) is 5.77. The molecule has 1 aliphatic rings. The van der Waals surface area contributed by atoms with Gasteiger partial charge in [0.15, 0.2) is 0 Å². The number of amides is 1. The molecule has 6 heteroatoms. The molecule has 0 aromatic carbocycles. The first-order valence-electron chi connectivity index (χ1n) is 9.15. The Kier molecular flexibility index (Phi) is 7.35. The molecule has 1 amide bonds. The van der Waals surface area contributed by atoms with Crippen molar-refractivity contribution in [2.24, 2.45) is 5.41 Å². The van der Waals surface area contributed by atoms with E-state index in [1.165, 1.54) is 17.7 Å². The third-order valence-corrected chi connectivity index (χ3v) is 6.37. The first-order chi connectivity index (χ1) is 11.7. The van der Waals surface area contributed by atoms with Crippen LogP contribution in [0.15, 0.2) is 15.9 Å². The fraction of sp³-hybridized carbons (Fsp3) is 0.737. The van der Waals surface area contributed by atoms with Gasteiger partial charge in [-0.05, 0) is 67.4 Å². The van der Waals surface area contributed by atoms with Crippen LogP contribution in [0.4, 0.5) is 4.79 Å². The number of rotatable bonds is 6. The molecule has 4 nitrogen and oxygen atoms in total. The molecule has 1 saturated heterocycles. The van der Waals surface area contributed by atoms with Crippen LogP contribution in [0.1, 0.15) is 58.3 Å². The van der Waals surface area contributed by atoms with Crippen LogP contribution in [-0.2, 0) is 11.3 Å². The van der Waals surface area contributed by atoms with Crippen LogP contribution in [0.2, 0.25) is 0 Å². The minimum Gasteiger partial charge on any atom is -0.444 e. The second-order valence-corrected chi connectivity index (χ2v) is 9.96. The maximum absolute atomic E-state index is 12.3. The molecule has 0 aliphatic carbocycles. The van der Waals surface area contributed by atoms with Crippen molar-refractivity contribution >= 4 is 33.4 Å². The summed E-state index contributed by atoms with van der Waals surface area (Å²) in [6.45, 7) is 11.5. The molecule has 1 aromatic rings. The lowest BCUT2D eigenvalue weighted by Gasteiger charge is -2.42. The summed E-state index contributed by atoms with van der Waals surface area (Å²) >= 11 is 5.29. The Morgan fingerprint density at radius 3 is 2.60 bits per heavy atom. The highest BCUT2D eigenvalue weighted by Gasteiger charge is 2.36. The largest absolute Gasteiger partial charge is 0.444 e. The molecule has 2 heterocycles. The second kappa shape index (κ2) is 8.87. The predicted molar refractivity (Wildman–Crippen MR) is 108 cm³/mol. The molecule has 25 heavy (non-hydrogen) atoms. The summed E-state index contributed by atoms with van der Waals surface area (Å²) in [7, 11) is 0. The molecule has 1 N–H and O–H groups in total. The van der Waals surface area contributed by atoms with Gasteiger partial charge in [0.05, 0.1) is 0 Å². The Bertz CT molecular complexity index is 560. The minimum absolute atomic E-state index is 0.172. The molecular formula is C19H31BrN2O2S. The van der Waals surface area contributed by atoms with Gasteiger partial charge in [-0.25, -0.2) is 4.79 Å². The smallest absolute Gasteiger partial charge is 0.410 e. The number of hydrogen-bond acceptors (Lipinski definition) is 4. The number of nitrogens with zero attached hydrogens (tertiary/aromatic N) is 1. The van der Waals surface area contributed by atoms with Crippen LogP contribution in [0, 0.1) is 5.41 Å². The van der Waals surface area contributed by atoms with E-state index in [-0.39, 0.29) is 6.09 Å². The number of likely N-dealkylation sites (tertiary alicyclic amines) is 1. The Labute approximate surface area is 164 Å². The molecule has 0 unspecified atom stereocenters. The van der Waals surface area contributed by atoms with Crippen LogP contribution in [0.3, 0.4) is 0 Å². The fourth-order valence-electron chi connectivity index (χ4n) is 3.43. The zero-order valence-electron chi connectivity index (χ0n) is 15.9. The first-order valence-corrected chi connectivity index (χ1v) is 10.8. The topological polar surface area (TPSA) is 41.6 Å². The van der Waals surface area contributed by atoms with Crippen molar-refractivity contribution in [2.45, 2.75) is 65.5 Å². The molecule has 1 aliphatic heterocycles. The van der Waals surface area contributed by atoms with Crippen molar-refractivity contribution in [3.05, 3.63) is 20.8 Å². The van der Waals surface area contributed by atoms with Gasteiger partial charge in [-0.3, -0.25) is 0 Å². The lowest BCUT2D eigenvalue weighted by molar-refractivity contribution is 0.00877. The molecule has 0 atom stereocenters. The molecular weight excluding hydrogens is 400 g/mol. The number of carbonyl (C=O) groups is 1. The number of nitrogens with one attached hydrogen (secondary N) is 1. The molecule has 0 spiro atoms. The number of piperidine rings is 1. The van der Waals surface area contributed by atoms with E-state index >= 15 is 0 Å². The SMILES string of the molecule is CCCC1(CNCc2cc(Br)cs2)CCN(C(=O)OC(C)(C)C)CC1. The monoisotopic (exact) mass is 430 g/mol. The van der Waals surface area contributed by atoms with Crippen LogP contribution >= 0.6 is 27.3 Å². The van der Waals surface area contributed by atoms with E-state index < -0.39 is 5.60 Å². The average molecular weight is 431 g/mol. The number of ether oxygens (including phenoxy) is 1. The lowest BCUT2D eigenvalue weighted by atomic mass is 9.75. The second-order valence-electron chi connectivity index (χ2n) is 8.05. The summed E-state index contributed by atoms with van der Waals surface area (Å²) in [4.78, 5) is 15.5. The van der Waals surface area contributed by atoms with Gasteiger partial charge in [-0.2, -0.15) is 0 Å². The summed E-state index contributed by atoms with van der Waals surface area (Å²) in [6, 6.07) is 2.18. The molecule has 2 rings (SSSR count). The Hall–Kier alpha value is -0.590. The minimum atomic E-state index is -0.425. The Morgan fingerprint density at radius 1 is 1.40 bits per heavy atom. The van der Waals surface area contributed by atoms with Crippen molar-refractivity contribution in [2.75, 3.05) is 19.6 Å². The van der Waals surface area contributed by atoms with E-state index in [0.717, 1.165) is 43.5 Å². The number of halogens is 1. The highest BCUT2D eigenvalue weighted by Crippen LogP contribution is 2.36. The van der Waals surface area contributed by atoms with Crippen molar-refractivity contribution in [1.82, 2.24) is 10.2 Å². The quantitative estimate of drug-likeness (QED) is 0.654. The molecule has 0 radical (unpaired) electrons. The van der Waals surface area contributed by atoms with Crippen molar-refractivity contribution in [3.63, 3.8) is 0 Å². The van der Waals surface area contributed by atoms with E-state index in [1.807, 2.05) is 25.7 Å². The predicted octanol–water partition coefficient (Wildman–Crippen LogP) is 5.42. The summed E-state index contributed by atoms with van der Waals surface area (Å²) in [5.74, 6) is 0. The third kappa shape index (κ3) is 6.57. The summed E-state index contributed by atoms with van der Waals surface area (Å²) in [6.07, 6.45) is 4.30. The van der Waals surface area contributed by atoms with Gasteiger partial charge in [0, 0.05) is 40.9 Å². The van der Waals surface area contributed by atoms with Crippen LogP contribution in [0.25, 0.3) is 0 Å². The molecule has 1 fully saturated rings. The van der Waals surface area contributed by atoms with Gasteiger partial charge < -0.3 is 15.0 Å². The van der Waals surface area contributed by atoms with E-state index in [4.69, 9.17) is 4.74 Å². The van der Waals surface area contributed by atoms with E-state index in [1.54, 1.807) is 11.3 Å². The van der Waals surface area contributed by atoms with Crippen molar-refractivity contribution < 1.29 is 9.53 Å². The number of carbonyl (C=O) groups excluding carboxylic acids is 1. The van der Waals surface area contributed by atoms with Crippen LogP contribution in [-0.4, -0.2) is 36.2 Å². The molecule has 1 aromatic heterocycles. The standard InChI is InChI=1S/C19H31BrN2O2S/c1-5-6-19(14-21-12-16-11-15(20)13-25-16)7-9-22(10-8-19)17(23)24-18(2,3)4/h11,13,21H,5-10,12,14H2,1-4H3. The zero-order chi connectivity index (χ0) is 18.5. The Morgan fingerprint density at radius 2 is 2.08 bits per heavy atom. The highest BCUT2D eigenvalue weighted by molar-refractivity contribution is 9.10. The lowest BCUT2D eigenvalue weighted by Crippen LogP contribution is -2.48. The van der Waals surface area contributed by atoms with Gasteiger partial charge in [-0.1, -0.05) is 13.3 Å². The van der Waals surface area contributed by atoms with Gasteiger partial charge >= 0.3 is 6.09 Å². The van der Waals surface area contributed by atoms with E-state index in [0.29, 0.717) is 5.41 Å². The molecule has 142 valence electrons. The fourth-order valence-corrected chi connectivity index (χ4v) is 4.85. The van der Waals surface area contributed by atoms with Gasteiger partial charge in [0.1, 0.15) is 5.60 Å². The maximum Gasteiger partial charge on any atom is 0.410 e. The normalized spacial score (nSPS) is 17.6. The average Bonchev–Trinajstić information content (AvgIpc) is 2.92. The first kappa shape index (κ1) is 20.7. The zero-order valence-corrected chi connectivity index (χ0v) is 18.3. The van der Waals surface area contributed by atoms with Gasteiger partial charge in [0.2, 0.25) is 0 Å². The molecule has 0 bridgehead atoms. The van der Waals surface area contributed by atoms with Crippen LogP contribution in [0.5, 0.6) is 0 Å². The number of hydrogen-bond donors (Lipinski definition) is 1. The van der Waals surface area contributed by atoms with E-state index in [2.05, 4.69) is 39.6 Å². The van der Waals surface area contributed by atoms with Crippen LogP contribution < -0.4 is 5.32 Å². The molecule has 0 saturated carbocycles. The summed E-state index contributed by atoms with van der Waals surface area (Å²) in [5.41, 5.74) is -0.132. The number of thiophene rings is 1. The third-order valence-electron chi connectivity index (χ3n) is 4.68. The highest BCUT2D eigenvalue weighted by atomic mass is 79.9. The Balaban J connectivity index is 1.85. The maximum atomic E-state index is 12.3. The van der Waals surface area contributed by atoms with Gasteiger partial charge in [0.25, 0.3) is 0 Å².